The fourth-order valence-corrected chi connectivity index (χ4v) is 2.53. The Labute approximate surface area is 115 Å². The average Bonchev–Trinajstić information content (AvgIpc) is 2.82. The van der Waals surface area contributed by atoms with Crippen LogP contribution in [-0.4, -0.2) is 24.3 Å². The lowest BCUT2D eigenvalue weighted by Gasteiger charge is -2.13. The molecule has 0 saturated heterocycles. The molecule has 1 unspecified atom stereocenters. The van der Waals surface area contributed by atoms with Gasteiger partial charge in [-0.1, -0.05) is 19.4 Å². The molecule has 0 fully saturated rings. The Morgan fingerprint density at radius 3 is 2.89 bits per heavy atom. The largest absolute Gasteiger partial charge is 0.496 e. The molecule has 0 aliphatic heterocycles. The minimum atomic E-state index is 0.598. The molecule has 0 spiro atoms. The molecular weight excluding hydrogens is 236 g/mol. The molecular formula is C16H24N2O. The van der Waals surface area contributed by atoms with Gasteiger partial charge in [-0.3, -0.25) is 0 Å². The second-order valence-corrected chi connectivity index (χ2v) is 5.05. The molecule has 0 aliphatic carbocycles. The Morgan fingerprint density at radius 1 is 1.32 bits per heavy atom. The number of nitrogens with one attached hydrogen (secondary N) is 1. The van der Waals surface area contributed by atoms with Crippen molar-refractivity contribution in [3.05, 3.63) is 30.5 Å². The van der Waals surface area contributed by atoms with E-state index in [1.165, 1.54) is 23.7 Å². The van der Waals surface area contributed by atoms with E-state index in [4.69, 9.17) is 4.74 Å². The molecule has 1 aromatic heterocycles. The number of fused-ring (bicyclic) bond motifs is 1. The quantitative estimate of drug-likeness (QED) is 0.825. The van der Waals surface area contributed by atoms with Gasteiger partial charge in [-0.25, -0.2) is 0 Å². The monoisotopic (exact) mass is 260 g/mol. The van der Waals surface area contributed by atoms with Crippen LogP contribution in [0.25, 0.3) is 10.9 Å². The molecule has 1 heterocycles. The van der Waals surface area contributed by atoms with Crippen molar-refractivity contribution < 1.29 is 4.74 Å². The first-order valence-electron chi connectivity index (χ1n) is 7.11. The van der Waals surface area contributed by atoms with E-state index in [2.05, 4.69) is 42.1 Å². The molecule has 104 valence electrons. The number of rotatable bonds is 7. The summed E-state index contributed by atoms with van der Waals surface area (Å²) < 4.78 is 7.67. The normalized spacial score (nSPS) is 12.8. The van der Waals surface area contributed by atoms with Gasteiger partial charge in [0.25, 0.3) is 0 Å². The highest BCUT2D eigenvalue weighted by atomic mass is 16.5. The van der Waals surface area contributed by atoms with Crippen molar-refractivity contribution in [2.75, 3.05) is 13.7 Å². The van der Waals surface area contributed by atoms with Crippen LogP contribution in [0.2, 0.25) is 0 Å². The Balaban J connectivity index is 2.01. The Hall–Kier alpha value is -1.48. The molecule has 19 heavy (non-hydrogen) atoms. The summed E-state index contributed by atoms with van der Waals surface area (Å²) in [6, 6.07) is 8.93. The summed E-state index contributed by atoms with van der Waals surface area (Å²) in [6.45, 7) is 6.47. The molecule has 1 atom stereocenters. The van der Waals surface area contributed by atoms with Gasteiger partial charge in [0.1, 0.15) is 5.75 Å². The van der Waals surface area contributed by atoms with Gasteiger partial charge in [0.2, 0.25) is 0 Å². The first-order chi connectivity index (χ1) is 9.26. The van der Waals surface area contributed by atoms with Gasteiger partial charge in [0.05, 0.1) is 12.6 Å². The van der Waals surface area contributed by atoms with Crippen molar-refractivity contribution in [3.8, 4) is 5.75 Å². The molecule has 1 aromatic carbocycles. The number of hydrogen-bond acceptors (Lipinski definition) is 2. The van der Waals surface area contributed by atoms with E-state index >= 15 is 0 Å². The topological polar surface area (TPSA) is 26.2 Å². The van der Waals surface area contributed by atoms with Crippen LogP contribution >= 0.6 is 0 Å². The van der Waals surface area contributed by atoms with Crippen LogP contribution in [-0.2, 0) is 6.54 Å². The van der Waals surface area contributed by atoms with Crippen molar-refractivity contribution in [3.63, 3.8) is 0 Å². The van der Waals surface area contributed by atoms with E-state index < -0.39 is 0 Å². The maximum atomic E-state index is 5.39. The van der Waals surface area contributed by atoms with Crippen LogP contribution < -0.4 is 10.1 Å². The minimum absolute atomic E-state index is 0.598. The second kappa shape index (κ2) is 6.62. The van der Waals surface area contributed by atoms with Crippen molar-refractivity contribution in [2.45, 2.75) is 39.3 Å². The van der Waals surface area contributed by atoms with Crippen LogP contribution in [0, 0.1) is 0 Å². The number of ether oxygens (including phenoxy) is 1. The SMILES string of the molecule is CCCC(C)NCCn1ccc2c(OC)cccc21. The van der Waals surface area contributed by atoms with Crippen molar-refractivity contribution in [1.29, 1.82) is 0 Å². The highest BCUT2D eigenvalue weighted by Gasteiger charge is 2.05. The van der Waals surface area contributed by atoms with Crippen molar-refractivity contribution in [2.24, 2.45) is 0 Å². The summed E-state index contributed by atoms with van der Waals surface area (Å²) >= 11 is 0. The zero-order valence-electron chi connectivity index (χ0n) is 12.1. The van der Waals surface area contributed by atoms with E-state index in [0.29, 0.717) is 6.04 Å². The fourth-order valence-electron chi connectivity index (χ4n) is 2.53. The molecule has 1 N–H and O–H groups in total. The standard InChI is InChI=1S/C16H24N2O/c1-4-6-13(2)17-10-12-18-11-9-14-15(18)7-5-8-16(14)19-3/h5,7-9,11,13,17H,4,6,10,12H2,1-3H3. The summed E-state index contributed by atoms with van der Waals surface area (Å²) in [7, 11) is 1.72. The van der Waals surface area contributed by atoms with Gasteiger partial charge < -0.3 is 14.6 Å². The number of aromatic nitrogens is 1. The summed E-state index contributed by atoms with van der Waals surface area (Å²) in [5.41, 5.74) is 1.24. The van der Waals surface area contributed by atoms with Crippen molar-refractivity contribution >= 4 is 10.9 Å². The summed E-state index contributed by atoms with van der Waals surface area (Å²) in [4.78, 5) is 0. The number of nitrogens with zero attached hydrogens (tertiary/aromatic N) is 1. The third kappa shape index (κ3) is 3.29. The predicted octanol–water partition coefficient (Wildman–Crippen LogP) is 3.43. The average molecular weight is 260 g/mol. The molecule has 3 nitrogen and oxygen atoms in total. The second-order valence-electron chi connectivity index (χ2n) is 5.05. The predicted molar refractivity (Wildman–Crippen MR) is 80.9 cm³/mol. The summed E-state index contributed by atoms with van der Waals surface area (Å²) in [5, 5.41) is 4.75. The van der Waals surface area contributed by atoms with E-state index in [0.717, 1.165) is 18.8 Å². The molecule has 3 heteroatoms. The van der Waals surface area contributed by atoms with Crippen molar-refractivity contribution in [1.82, 2.24) is 9.88 Å². The maximum Gasteiger partial charge on any atom is 0.128 e. The lowest BCUT2D eigenvalue weighted by molar-refractivity contribution is 0.420. The first-order valence-corrected chi connectivity index (χ1v) is 7.11. The van der Waals surface area contributed by atoms with Gasteiger partial charge in [-0.15, -0.1) is 0 Å². The zero-order valence-corrected chi connectivity index (χ0v) is 12.1. The Kier molecular flexibility index (Phi) is 4.86. The molecule has 2 rings (SSSR count). The Morgan fingerprint density at radius 2 is 2.16 bits per heavy atom. The van der Waals surface area contributed by atoms with E-state index in [1.54, 1.807) is 7.11 Å². The minimum Gasteiger partial charge on any atom is -0.496 e. The molecule has 0 radical (unpaired) electrons. The third-order valence-electron chi connectivity index (χ3n) is 3.56. The molecule has 0 bridgehead atoms. The molecule has 0 amide bonds. The fraction of sp³-hybridized carbons (Fsp3) is 0.500. The lowest BCUT2D eigenvalue weighted by Crippen LogP contribution is -2.29. The Bertz CT molecular complexity index is 518. The summed E-state index contributed by atoms with van der Waals surface area (Å²) in [5.74, 6) is 0.948. The van der Waals surface area contributed by atoms with Gasteiger partial charge in [0.15, 0.2) is 0 Å². The molecule has 0 aliphatic rings. The maximum absolute atomic E-state index is 5.39. The van der Waals surface area contributed by atoms with E-state index in [1.807, 2.05) is 12.1 Å². The molecule has 2 aromatic rings. The third-order valence-corrected chi connectivity index (χ3v) is 3.56. The number of methoxy groups -OCH3 is 1. The zero-order chi connectivity index (χ0) is 13.7. The van der Waals surface area contributed by atoms with Crippen LogP contribution in [0.5, 0.6) is 5.75 Å². The smallest absolute Gasteiger partial charge is 0.128 e. The van der Waals surface area contributed by atoms with Crippen LogP contribution in [0.1, 0.15) is 26.7 Å². The van der Waals surface area contributed by atoms with Gasteiger partial charge in [-0.2, -0.15) is 0 Å². The highest BCUT2D eigenvalue weighted by molar-refractivity contribution is 5.86. The number of benzene rings is 1. The van der Waals surface area contributed by atoms with Crippen LogP contribution in [0.4, 0.5) is 0 Å². The van der Waals surface area contributed by atoms with Gasteiger partial charge in [-0.05, 0) is 31.5 Å². The van der Waals surface area contributed by atoms with Gasteiger partial charge >= 0.3 is 0 Å². The summed E-state index contributed by atoms with van der Waals surface area (Å²) in [6.07, 6.45) is 4.61. The number of hydrogen-bond donors (Lipinski definition) is 1. The van der Waals surface area contributed by atoms with E-state index in [-0.39, 0.29) is 0 Å². The highest BCUT2D eigenvalue weighted by Crippen LogP contribution is 2.25. The van der Waals surface area contributed by atoms with Crippen LogP contribution in [0.15, 0.2) is 30.5 Å². The van der Waals surface area contributed by atoms with Gasteiger partial charge in [0, 0.05) is 30.7 Å². The lowest BCUT2D eigenvalue weighted by atomic mass is 10.2. The first kappa shape index (κ1) is 13.9. The molecule has 0 saturated carbocycles. The van der Waals surface area contributed by atoms with Crippen LogP contribution in [0.3, 0.4) is 0 Å². The van der Waals surface area contributed by atoms with E-state index in [9.17, 15) is 0 Å².